The summed E-state index contributed by atoms with van der Waals surface area (Å²) in [6.45, 7) is -2.94. The Morgan fingerprint density at radius 2 is 2.00 bits per heavy atom. The minimum Gasteiger partial charge on any atom is -0.435 e. The van der Waals surface area contributed by atoms with Crippen molar-refractivity contribution in [1.82, 2.24) is 5.32 Å². The van der Waals surface area contributed by atoms with Gasteiger partial charge in [-0.05, 0) is 42.1 Å². The van der Waals surface area contributed by atoms with Crippen molar-refractivity contribution >= 4 is 23.1 Å². The van der Waals surface area contributed by atoms with Crippen molar-refractivity contribution in [1.29, 1.82) is 0 Å². The Bertz CT molecular complexity index is 606. The maximum Gasteiger partial charge on any atom is 0.387 e. The smallest absolute Gasteiger partial charge is 0.387 e. The van der Waals surface area contributed by atoms with Gasteiger partial charge in [-0.25, -0.2) is 4.79 Å². The highest BCUT2D eigenvalue weighted by atomic mass is 32.1. The molecule has 0 fully saturated rings. The van der Waals surface area contributed by atoms with Crippen LogP contribution < -0.4 is 15.4 Å². The lowest BCUT2D eigenvalue weighted by Gasteiger charge is -2.17. The molecule has 23 heavy (non-hydrogen) atoms. The number of rotatable bonds is 7. The van der Waals surface area contributed by atoms with Crippen molar-refractivity contribution in [3.05, 3.63) is 46.7 Å². The Labute approximate surface area is 135 Å². The van der Waals surface area contributed by atoms with Crippen LogP contribution in [-0.2, 0) is 0 Å². The number of ether oxygens (including phenoxy) is 1. The molecule has 0 bridgehead atoms. The lowest BCUT2D eigenvalue weighted by atomic mass is 10.2. The van der Waals surface area contributed by atoms with Crippen molar-refractivity contribution in [2.24, 2.45) is 0 Å². The van der Waals surface area contributed by atoms with E-state index in [-0.39, 0.29) is 18.4 Å². The van der Waals surface area contributed by atoms with E-state index < -0.39 is 12.6 Å². The number of alkyl halides is 2. The summed E-state index contributed by atoms with van der Waals surface area (Å²) in [6, 6.07) is 8.61. The van der Waals surface area contributed by atoms with Crippen molar-refractivity contribution in [3.8, 4) is 5.75 Å². The highest BCUT2D eigenvalue weighted by molar-refractivity contribution is 7.10. The van der Waals surface area contributed by atoms with E-state index in [1.807, 2.05) is 17.5 Å². The number of amides is 2. The van der Waals surface area contributed by atoms with Gasteiger partial charge in [-0.2, -0.15) is 8.78 Å². The van der Waals surface area contributed by atoms with E-state index >= 15 is 0 Å². The van der Waals surface area contributed by atoms with Gasteiger partial charge in [0.2, 0.25) is 0 Å². The van der Waals surface area contributed by atoms with Crippen LogP contribution in [0.1, 0.15) is 17.3 Å². The monoisotopic (exact) mass is 342 g/mol. The first-order valence-corrected chi connectivity index (χ1v) is 7.73. The second-order valence-electron chi connectivity index (χ2n) is 4.58. The molecule has 0 aliphatic rings. The van der Waals surface area contributed by atoms with Gasteiger partial charge < -0.3 is 20.5 Å². The molecule has 3 N–H and O–H groups in total. The summed E-state index contributed by atoms with van der Waals surface area (Å²) in [5.41, 5.74) is 0.443. The molecule has 1 atom stereocenters. The van der Waals surface area contributed by atoms with Gasteiger partial charge in [0.15, 0.2) is 0 Å². The molecule has 0 spiro atoms. The molecule has 0 saturated heterocycles. The van der Waals surface area contributed by atoms with Crippen molar-refractivity contribution < 1.29 is 23.4 Å². The Hall–Kier alpha value is -2.19. The van der Waals surface area contributed by atoms with Crippen molar-refractivity contribution in [2.75, 3.05) is 11.9 Å². The molecule has 0 aliphatic heterocycles. The predicted molar refractivity (Wildman–Crippen MR) is 84.0 cm³/mol. The molecule has 1 unspecified atom stereocenters. The quantitative estimate of drug-likeness (QED) is 0.720. The number of carbonyl (C=O) groups excluding carboxylic acids is 1. The topological polar surface area (TPSA) is 70.6 Å². The van der Waals surface area contributed by atoms with E-state index in [9.17, 15) is 13.6 Å². The Morgan fingerprint density at radius 1 is 1.26 bits per heavy atom. The number of benzene rings is 1. The SMILES string of the molecule is O=C(Nc1ccc(OC(F)F)cc1)NC(CCO)c1cccs1. The van der Waals surface area contributed by atoms with Gasteiger partial charge in [-0.3, -0.25) is 0 Å². The number of nitrogens with one attached hydrogen (secondary N) is 2. The second-order valence-corrected chi connectivity index (χ2v) is 5.56. The minimum absolute atomic E-state index is 0.0164. The zero-order valence-corrected chi connectivity index (χ0v) is 12.9. The highest BCUT2D eigenvalue weighted by Gasteiger charge is 2.15. The van der Waals surface area contributed by atoms with Crippen LogP contribution in [-0.4, -0.2) is 24.4 Å². The fourth-order valence-electron chi connectivity index (χ4n) is 1.95. The first kappa shape index (κ1) is 17.2. The fourth-order valence-corrected chi connectivity index (χ4v) is 2.76. The normalized spacial score (nSPS) is 12.0. The molecule has 1 aromatic carbocycles. The Balaban J connectivity index is 1.92. The molecule has 0 radical (unpaired) electrons. The fraction of sp³-hybridized carbons (Fsp3) is 0.267. The number of anilines is 1. The summed E-state index contributed by atoms with van der Waals surface area (Å²) >= 11 is 1.49. The van der Waals surface area contributed by atoms with Crippen LogP contribution in [0.5, 0.6) is 5.75 Å². The third kappa shape index (κ3) is 5.50. The van der Waals surface area contributed by atoms with Crippen LogP contribution in [0.25, 0.3) is 0 Å². The molecular formula is C15H16F2N2O3S. The molecule has 1 aromatic heterocycles. The van der Waals surface area contributed by atoms with Gasteiger partial charge in [0, 0.05) is 17.2 Å². The molecule has 0 saturated carbocycles. The van der Waals surface area contributed by atoms with Crippen molar-refractivity contribution in [2.45, 2.75) is 19.1 Å². The van der Waals surface area contributed by atoms with E-state index in [2.05, 4.69) is 15.4 Å². The van der Waals surface area contributed by atoms with Gasteiger partial charge in [0.25, 0.3) is 0 Å². The third-order valence-electron chi connectivity index (χ3n) is 2.95. The summed E-state index contributed by atoms with van der Waals surface area (Å²) in [7, 11) is 0. The predicted octanol–water partition coefficient (Wildman–Crippen LogP) is 3.59. The van der Waals surface area contributed by atoms with E-state index in [0.29, 0.717) is 12.1 Å². The molecular weight excluding hydrogens is 326 g/mol. The van der Waals surface area contributed by atoms with E-state index in [1.54, 1.807) is 0 Å². The lowest BCUT2D eigenvalue weighted by Crippen LogP contribution is -2.32. The standard InChI is InChI=1S/C15H16F2N2O3S/c16-14(17)22-11-5-3-10(4-6-11)18-15(21)19-12(7-8-20)13-2-1-9-23-13/h1-6,9,12,14,20H,7-8H2,(H2,18,19,21). The maximum absolute atomic E-state index is 12.1. The Kier molecular flexibility index (Phi) is 6.30. The zero-order valence-electron chi connectivity index (χ0n) is 12.0. The largest absolute Gasteiger partial charge is 0.435 e. The summed E-state index contributed by atoms with van der Waals surface area (Å²) in [5, 5.41) is 16.4. The molecule has 124 valence electrons. The average molecular weight is 342 g/mol. The minimum atomic E-state index is -2.89. The molecule has 5 nitrogen and oxygen atoms in total. The zero-order chi connectivity index (χ0) is 16.7. The summed E-state index contributed by atoms with van der Waals surface area (Å²) in [6.07, 6.45) is 0.398. The first-order valence-electron chi connectivity index (χ1n) is 6.85. The molecule has 8 heteroatoms. The number of aliphatic hydroxyl groups excluding tert-OH is 1. The molecule has 2 amide bonds. The Morgan fingerprint density at radius 3 is 2.57 bits per heavy atom. The maximum atomic E-state index is 12.1. The highest BCUT2D eigenvalue weighted by Crippen LogP contribution is 2.22. The van der Waals surface area contributed by atoms with Gasteiger partial charge in [0.05, 0.1) is 6.04 Å². The number of hydrogen-bond donors (Lipinski definition) is 3. The number of aliphatic hydroxyl groups is 1. The van der Waals surface area contributed by atoms with E-state index in [4.69, 9.17) is 5.11 Å². The molecule has 1 heterocycles. The second kappa shape index (κ2) is 8.44. The van der Waals surface area contributed by atoms with Crippen molar-refractivity contribution in [3.63, 3.8) is 0 Å². The number of hydrogen-bond acceptors (Lipinski definition) is 4. The molecule has 0 aliphatic carbocycles. The van der Waals surface area contributed by atoms with Crippen LogP contribution in [0, 0.1) is 0 Å². The lowest BCUT2D eigenvalue weighted by molar-refractivity contribution is -0.0498. The van der Waals surface area contributed by atoms with Crippen LogP contribution in [0.2, 0.25) is 0 Å². The molecule has 2 aromatic rings. The van der Waals surface area contributed by atoms with Gasteiger partial charge in [0.1, 0.15) is 5.75 Å². The number of halogens is 2. The van der Waals surface area contributed by atoms with Gasteiger partial charge in [-0.1, -0.05) is 6.07 Å². The summed E-state index contributed by atoms with van der Waals surface area (Å²) < 4.78 is 28.4. The van der Waals surface area contributed by atoms with Gasteiger partial charge >= 0.3 is 12.6 Å². The van der Waals surface area contributed by atoms with E-state index in [1.165, 1.54) is 35.6 Å². The first-order chi connectivity index (χ1) is 11.1. The summed E-state index contributed by atoms with van der Waals surface area (Å²) in [5.74, 6) is 0.0164. The number of thiophene rings is 1. The number of carbonyl (C=O) groups is 1. The van der Waals surface area contributed by atoms with Crippen LogP contribution in [0.15, 0.2) is 41.8 Å². The molecule has 2 rings (SSSR count). The van der Waals surface area contributed by atoms with Gasteiger partial charge in [-0.15, -0.1) is 11.3 Å². The van der Waals surface area contributed by atoms with Crippen LogP contribution in [0.3, 0.4) is 0 Å². The summed E-state index contributed by atoms with van der Waals surface area (Å²) in [4.78, 5) is 12.9. The average Bonchev–Trinajstić information content (AvgIpc) is 3.02. The number of urea groups is 1. The van der Waals surface area contributed by atoms with Crippen LogP contribution >= 0.6 is 11.3 Å². The third-order valence-corrected chi connectivity index (χ3v) is 3.93. The van der Waals surface area contributed by atoms with E-state index in [0.717, 1.165) is 4.88 Å². The van der Waals surface area contributed by atoms with Crippen LogP contribution in [0.4, 0.5) is 19.3 Å².